The van der Waals surface area contributed by atoms with Gasteiger partial charge in [0.05, 0.1) is 0 Å². The standard InChI is InChI=1S/C15H8F3NOS/c16-15(17,18)13(20)12-8-19-14(21-12)11-6-5-9-3-1-2-4-10(9)7-11/h1-8H. The van der Waals surface area contributed by atoms with Crippen LogP contribution < -0.4 is 0 Å². The molecule has 0 spiro atoms. The zero-order valence-electron chi connectivity index (χ0n) is 10.5. The van der Waals surface area contributed by atoms with E-state index < -0.39 is 16.8 Å². The average Bonchev–Trinajstić information content (AvgIpc) is 2.94. The Kier molecular flexibility index (Phi) is 3.25. The predicted octanol–water partition coefficient (Wildman–Crippen LogP) is 4.71. The summed E-state index contributed by atoms with van der Waals surface area (Å²) < 4.78 is 37.2. The first-order valence-corrected chi connectivity index (χ1v) is 6.83. The predicted molar refractivity (Wildman–Crippen MR) is 75.4 cm³/mol. The lowest BCUT2D eigenvalue weighted by Gasteiger charge is -2.01. The van der Waals surface area contributed by atoms with Crippen molar-refractivity contribution < 1.29 is 18.0 Å². The van der Waals surface area contributed by atoms with Crippen LogP contribution in [0.25, 0.3) is 21.3 Å². The Bertz CT molecular complexity index is 823. The second-order valence-corrected chi connectivity index (χ2v) is 5.45. The summed E-state index contributed by atoms with van der Waals surface area (Å²) in [5.74, 6) is -1.85. The average molecular weight is 307 g/mol. The number of fused-ring (bicyclic) bond motifs is 1. The third-order valence-corrected chi connectivity index (χ3v) is 4.03. The fraction of sp³-hybridized carbons (Fsp3) is 0.0667. The number of nitrogens with zero attached hydrogens (tertiary/aromatic N) is 1. The maximum Gasteiger partial charge on any atom is 0.455 e. The van der Waals surface area contributed by atoms with Crippen molar-refractivity contribution in [3.8, 4) is 10.6 Å². The highest BCUT2D eigenvalue weighted by Crippen LogP contribution is 2.31. The van der Waals surface area contributed by atoms with Gasteiger partial charge in [0.1, 0.15) is 9.88 Å². The Morgan fingerprint density at radius 2 is 1.76 bits per heavy atom. The van der Waals surface area contributed by atoms with E-state index in [9.17, 15) is 18.0 Å². The van der Waals surface area contributed by atoms with Gasteiger partial charge in [-0.1, -0.05) is 36.4 Å². The second-order valence-electron chi connectivity index (χ2n) is 4.42. The monoisotopic (exact) mass is 307 g/mol. The van der Waals surface area contributed by atoms with Gasteiger partial charge >= 0.3 is 6.18 Å². The highest BCUT2D eigenvalue weighted by atomic mass is 32.1. The summed E-state index contributed by atoms with van der Waals surface area (Å²) in [6, 6.07) is 13.1. The smallest absolute Gasteiger partial charge is 0.283 e. The van der Waals surface area contributed by atoms with E-state index in [0.717, 1.165) is 28.3 Å². The molecule has 0 radical (unpaired) electrons. The molecule has 106 valence electrons. The van der Waals surface area contributed by atoms with Crippen LogP contribution in [0, 0.1) is 0 Å². The van der Waals surface area contributed by atoms with Gasteiger partial charge in [0.2, 0.25) is 0 Å². The second kappa shape index (κ2) is 4.96. The fourth-order valence-electron chi connectivity index (χ4n) is 1.97. The van der Waals surface area contributed by atoms with Gasteiger partial charge in [0.15, 0.2) is 0 Å². The number of thiazole rings is 1. The Morgan fingerprint density at radius 1 is 1.05 bits per heavy atom. The van der Waals surface area contributed by atoms with Gasteiger partial charge < -0.3 is 0 Å². The maximum absolute atomic E-state index is 12.4. The van der Waals surface area contributed by atoms with Crippen molar-refractivity contribution in [2.24, 2.45) is 0 Å². The summed E-state index contributed by atoms with van der Waals surface area (Å²) in [6.07, 6.45) is -3.89. The number of halogens is 3. The minimum absolute atomic E-state index is 0.397. The number of carbonyl (C=O) groups is 1. The van der Waals surface area contributed by atoms with Crippen LogP contribution in [-0.2, 0) is 0 Å². The summed E-state index contributed by atoms with van der Waals surface area (Å²) >= 11 is 0.749. The first-order valence-electron chi connectivity index (χ1n) is 6.02. The molecule has 2 nitrogen and oxygen atoms in total. The molecule has 2 aromatic carbocycles. The molecule has 0 amide bonds. The van der Waals surface area contributed by atoms with Crippen molar-refractivity contribution in [3.63, 3.8) is 0 Å². The van der Waals surface area contributed by atoms with Gasteiger partial charge in [-0.3, -0.25) is 4.79 Å². The van der Waals surface area contributed by atoms with Crippen molar-refractivity contribution in [1.82, 2.24) is 4.98 Å². The Balaban J connectivity index is 2.00. The molecule has 3 aromatic rings. The van der Waals surface area contributed by atoms with Crippen LogP contribution in [0.4, 0.5) is 13.2 Å². The zero-order valence-corrected chi connectivity index (χ0v) is 11.3. The van der Waals surface area contributed by atoms with Crippen LogP contribution in [0.1, 0.15) is 9.67 Å². The van der Waals surface area contributed by atoms with Crippen LogP contribution >= 0.6 is 11.3 Å². The molecule has 6 heteroatoms. The van der Waals surface area contributed by atoms with Crippen LogP contribution in [0.2, 0.25) is 0 Å². The van der Waals surface area contributed by atoms with Crippen molar-refractivity contribution in [2.75, 3.05) is 0 Å². The molecule has 0 atom stereocenters. The third kappa shape index (κ3) is 2.67. The van der Waals surface area contributed by atoms with Crippen molar-refractivity contribution in [1.29, 1.82) is 0 Å². The van der Waals surface area contributed by atoms with Crippen LogP contribution in [0.3, 0.4) is 0 Å². The van der Waals surface area contributed by atoms with E-state index >= 15 is 0 Å². The van der Waals surface area contributed by atoms with E-state index in [1.807, 2.05) is 36.4 Å². The van der Waals surface area contributed by atoms with Crippen LogP contribution in [0.5, 0.6) is 0 Å². The molecule has 0 bridgehead atoms. The summed E-state index contributed by atoms with van der Waals surface area (Å²) in [5, 5.41) is 2.40. The number of alkyl halides is 3. The molecule has 0 aliphatic rings. The lowest BCUT2D eigenvalue weighted by Crippen LogP contribution is -2.21. The molecule has 0 N–H and O–H groups in total. The van der Waals surface area contributed by atoms with Gasteiger partial charge in [-0.05, 0) is 16.8 Å². The number of ketones is 1. The largest absolute Gasteiger partial charge is 0.455 e. The fourth-order valence-corrected chi connectivity index (χ4v) is 2.85. The first-order chi connectivity index (χ1) is 9.95. The summed E-state index contributed by atoms with van der Waals surface area (Å²) in [7, 11) is 0. The topological polar surface area (TPSA) is 30.0 Å². The molecule has 0 saturated heterocycles. The molecule has 0 aliphatic heterocycles. The molecule has 0 saturated carbocycles. The molecular weight excluding hydrogens is 299 g/mol. The Morgan fingerprint density at radius 3 is 2.48 bits per heavy atom. The maximum atomic E-state index is 12.4. The molecule has 1 heterocycles. The van der Waals surface area contributed by atoms with Gasteiger partial charge in [0, 0.05) is 11.8 Å². The van der Waals surface area contributed by atoms with Gasteiger partial charge in [-0.15, -0.1) is 11.3 Å². The van der Waals surface area contributed by atoms with E-state index in [4.69, 9.17) is 0 Å². The zero-order chi connectivity index (χ0) is 15.0. The lowest BCUT2D eigenvalue weighted by molar-refractivity contribution is -0.0882. The van der Waals surface area contributed by atoms with E-state index in [-0.39, 0.29) is 0 Å². The number of benzene rings is 2. The normalized spacial score (nSPS) is 11.8. The SMILES string of the molecule is O=C(c1cnc(-c2ccc3ccccc3c2)s1)C(F)(F)F. The van der Waals surface area contributed by atoms with Gasteiger partial charge in [0.25, 0.3) is 5.78 Å². The third-order valence-electron chi connectivity index (χ3n) is 2.98. The Hall–Kier alpha value is -2.21. The molecule has 0 aliphatic carbocycles. The number of carbonyl (C=O) groups excluding carboxylic acids is 1. The van der Waals surface area contributed by atoms with E-state index in [1.54, 1.807) is 6.07 Å². The molecule has 1 aromatic heterocycles. The van der Waals surface area contributed by atoms with Crippen molar-refractivity contribution in [3.05, 3.63) is 53.5 Å². The van der Waals surface area contributed by atoms with Gasteiger partial charge in [-0.25, -0.2) is 4.98 Å². The number of hydrogen-bond acceptors (Lipinski definition) is 3. The molecule has 3 rings (SSSR count). The Labute approximate surface area is 121 Å². The van der Waals surface area contributed by atoms with E-state index in [1.165, 1.54) is 0 Å². The highest BCUT2D eigenvalue weighted by molar-refractivity contribution is 7.17. The first kappa shape index (κ1) is 13.8. The van der Waals surface area contributed by atoms with Crippen molar-refractivity contribution >= 4 is 27.9 Å². The van der Waals surface area contributed by atoms with Crippen LogP contribution in [-0.4, -0.2) is 16.9 Å². The van der Waals surface area contributed by atoms with Crippen molar-refractivity contribution in [2.45, 2.75) is 6.18 Å². The number of hydrogen-bond donors (Lipinski definition) is 0. The van der Waals surface area contributed by atoms with Gasteiger partial charge in [-0.2, -0.15) is 13.2 Å². The summed E-state index contributed by atoms with van der Waals surface area (Å²) in [5.41, 5.74) is 0.694. The highest BCUT2D eigenvalue weighted by Gasteiger charge is 2.40. The number of rotatable bonds is 2. The molecule has 0 fully saturated rings. The minimum atomic E-state index is -4.87. The molecule has 0 unspecified atom stereocenters. The van der Waals surface area contributed by atoms with E-state index in [2.05, 4.69) is 4.98 Å². The molecular formula is C15H8F3NOS. The number of Topliss-reactive ketones (excluding diaryl/α,β-unsaturated/α-hetero) is 1. The minimum Gasteiger partial charge on any atom is -0.283 e. The van der Waals surface area contributed by atoms with Crippen LogP contribution in [0.15, 0.2) is 48.7 Å². The number of aromatic nitrogens is 1. The molecule has 21 heavy (non-hydrogen) atoms. The summed E-state index contributed by atoms with van der Waals surface area (Å²) in [6.45, 7) is 0. The lowest BCUT2D eigenvalue weighted by atomic mass is 10.1. The van der Waals surface area contributed by atoms with E-state index in [0.29, 0.717) is 10.6 Å². The quantitative estimate of drug-likeness (QED) is 0.642. The summed E-state index contributed by atoms with van der Waals surface area (Å²) in [4.78, 5) is 14.7.